The summed E-state index contributed by atoms with van der Waals surface area (Å²) in [5, 5.41) is 6.51. The Balaban J connectivity index is 1.68. The first-order chi connectivity index (χ1) is 13.7. The summed E-state index contributed by atoms with van der Waals surface area (Å²) in [7, 11) is 1.74. The number of hydrogen-bond acceptors (Lipinski definition) is 4. The lowest BCUT2D eigenvalue weighted by Gasteiger charge is -2.12. The summed E-state index contributed by atoms with van der Waals surface area (Å²) in [6.45, 7) is 5.13. The zero-order chi connectivity index (χ0) is 20.0. The molecule has 0 fully saturated rings. The van der Waals surface area contributed by atoms with Crippen LogP contribution >= 0.6 is 0 Å². The van der Waals surface area contributed by atoms with Gasteiger partial charge in [-0.25, -0.2) is 9.37 Å². The molecule has 0 radical (unpaired) electrons. The Bertz CT molecular complexity index is 705. The van der Waals surface area contributed by atoms with Gasteiger partial charge in [0.2, 0.25) is 5.88 Å². The molecule has 0 aliphatic rings. The van der Waals surface area contributed by atoms with E-state index in [4.69, 9.17) is 9.47 Å². The minimum absolute atomic E-state index is 0.298. The molecule has 6 nitrogen and oxygen atoms in total. The third kappa shape index (κ3) is 8.35. The van der Waals surface area contributed by atoms with Gasteiger partial charge in [-0.1, -0.05) is 19.4 Å². The number of aliphatic imine (C=N–C) groups is 1. The molecular formula is C21H29FN4O2. The molecule has 0 spiro atoms. The van der Waals surface area contributed by atoms with Crippen LogP contribution in [0.25, 0.3) is 0 Å². The maximum absolute atomic E-state index is 12.9. The number of nitrogens with one attached hydrogen (secondary N) is 2. The normalized spacial score (nSPS) is 11.3. The summed E-state index contributed by atoms with van der Waals surface area (Å²) in [6.07, 6.45) is 4.93. The van der Waals surface area contributed by atoms with Gasteiger partial charge in [-0.2, -0.15) is 0 Å². The van der Waals surface area contributed by atoms with E-state index in [1.807, 2.05) is 6.07 Å². The third-order valence-electron chi connectivity index (χ3n) is 3.92. The van der Waals surface area contributed by atoms with E-state index in [1.54, 1.807) is 31.4 Å². The fraction of sp³-hybridized carbons (Fsp3) is 0.429. The van der Waals surface area contributed by atoms with E-state index in [2.05, 4.69) is 27.5 Å². The average molecular weight is 388 g/mol. The summed E-state index contributed by atoms with van der Waals surface area (Å²) in [4.78, 5) is 8.49. The van der Waals surface area contributed by atoms with E-state index >= 15 is 0 Å². The lowest BCUT2D eigenvalue weighted by Crippen LogP contribution is -2.37. The number of benzene rings is 1. The number of nitrogens with zero attached hydrogens (tertiary/aromatic N) is 2. The number of pyridine rings is 1. The number of aromatic nitrogens is 1. The van der Waals surface area contributed by atoms with Gasteiger partial charge in [0.1, 0.15) is 11.6 Å². The second-order valence-corrected chi connectivity index (χ2v) is 6.23. The van der Waals surface area contributed by atoms with Gasteiger partial charge < -0.3 is 20.1 Å². The molecule has 2 aromatic rings. The lowest BCUT2D eigenvalue weighted by molar-refractivity contribution is 0.129. The fourth-order valence-corrected chi connectivity index (χ4v) is 2.34. The van der Waals surface area contributed by atoms with Gasteiger partial charge in [-0.05, 0) is 42.7 Å². The highest BCUT2D eigenvalue weighted by Gasteiger charge is 2.02. The van der Waals surface area contributed by atoms with Crippen molar-refractivity contribution in [3.05, 3.63) is 54.0 Å². The number of guanidine groups is 1. The minimum atomic E-state index is -0.298. The summed E-state index contributed by atoms with van der Waals surface area (Å²) in [5.41, 5.74) is 0.998. The molecule has 1 aromatic carbocycles. The zero-order valence-corrected chi connectivity index (χ0v) is 16.6. The number of hydrogen-bond donors (Lipinski definition) is 2. The fourth-order valence-electron chi connectivity index (χ4n) is 2.34. The van der Waals surface area contributed by atoms with Crippen LogP contribution in [0.2, 0.25) is 0 Å². The molecule has 152 valence electrons. The molecule has 7 heteroatoms. The molecule has 0 atom stereocenters. The van der Waals surface area contributed by atoms with Crippen LogP contribution in [0, 0.1) is 5.82 Å². The number of rotatable bonds is 11. The Morgan fingerprint density at radius 2 is 1.86 bits per heavy atom. The topological polar surface area (TPSA) is 67.8 Å². The van der Waals surface area contributed by atoms with Gasteiger partial charge >= 0.3 is 0 Å². The van der Waals surface area contributed by atoms with Crippen LogP contribution in [-0.2, 0) is 11.3 Å². The standard InChI is InChI=1S/C21H29FN4O2/c1-3-4-13-27-14-5-12-24-21(23-2)26-16-17-6-11-20(25-15-17)28-19-9-7-18(22)8-10-19/h6-11,15H,3-5,12-14,16H2,1-2H3,(H2,23,24,26). The number of unbranched alkanes of at least 4 members (excludes halogenated alkanes) is 1. The van der Waals surface area contributed by atoms with Crippen molar-refractivity contribution >= 4 is 5.96 Å². The molecule has 0 amide bonds. The van der Waals surface area contributed by atoms with Crippen LogP contribution in [0.15, 0.2) is 47.6 Å². The van der Waals surface area contributed by atoms with Gasteiger partial charge in [0.05, 0.1) is 0 Å². The quantitative estimate of drug-likeness (QED) is 0.347. The molecule has 0 aliphatic carbocycles. The maximum Gasteiger partial charge on any atom is 0.219 e. The van der Waals surface area contributed by atoms with Crippen molar-refractivity contribution in [3.63, 3.8) is 0 Å². The predicted molar refractivity (Wildman–Crippen MR) is 109 cm³/mol. The molecule has 0 bridgehead atoms. The maximum atomic E-state index is 12.9. The molecule has 1 heterocycles. The van der Waals surface area contributed by atoms with Crippen molar-refractivity contribution in [3.8, 4) is 11.6 Å². The largest absolute Gasteiger partial charge is 0.439 e. The molecule has 2 N–H and O–H groups in total. The number of halogens is 1. The number of ether oxygens (including phenoxy) is 2. The Morgan fingerprint density at radius 3 is 2.54 bits per heavy atom. The summed E-state index contributed by atoms with van der Waals surface area (Å²) in [6, 6.07) is 9.54. The zero-order valence-electron chi connectivity index (χ0n) is 16.6. The predicted octanol–water partition coefficient (Wildman–Crippen LogP) is 3.88. The first-order valence-corrected chi connectivity index (χ1v) is 9.62. The molecule has 28 heavy (non-hydrogen) atoms. The molecule has 0 aliphatic heterocycles. The highest BCUT2D eigenvalue weighted by atomic mass is 19.1. The van der Waals surface area contributed by atoms with E-state index in [0.29, 0.717) is 18.2 Å². The molecule has 0 saturated heterocycles. The monoisotopic (exact) mass is 388 g/mol. The van der Waals surface area contributed by atoms with Gasteiger partial charge in [0.15, 0.2) is 5.96 Å². The van der Waals surface area contributed by atoms with E-state index in [-0.39, 0.29) is 5.82 Å². The van der Waals surface area contributed by atoms with Crippen molar-refractivity contribution in [2.45, 2.75) is 32.7 Å². The van der Waals surface area contributed by atoms with Gasteiger partial charge in [-0.15, -0.1) is 0 Å². The van der Waals surface area contributed by atoms with Crippen molar-refractivity contribution in [2.75, 3.05) is 26.8 Å². The van der Waals surface area contributed by atoms with Crippen molar-refractivity contribution < 1.29 is 13.9 Å². The van der Waals surface area contributed by atoms with E-state index in [9.17, 15) is 4.39 Å². The first-order valence-electron chi connectivity index (χ1n) is 9.62. The van der Waals surface area contributed by atoms with Crippen LogP contribution in [0.3, 0.4) is 0 Å². The summed E-state index contributed by atoms with van der Waals surface area (Å²) < 4.78 is 24.0. The van der Waals surface area contributed by atoms with Crippen molar-refractivity contribution in [1.29, 1.82) is 0 Å². The minimum Gasteiger partial charge on any atom is -0.439 e. The highest BCUT2D eigenvalue weighted by molar-refractivity contribution is 5.79. The van der Waals surface area contributed by atoms with Gasteiger partial charge in [-0.3, -0.25) is 4.99 Å². The summed E-state index contributed by atoms with van der Waals surface area (Å²) in [5.74, 6) is 1.44. The van der Waals surface area contributed by atoms with Crippen LogP contribution < -0.4 is 15.4 Å². The van der Waals surface area contributed by atoms with Crippen molar-refractivity contribution in [2.24, 2.45) is 4.99 Å². The molecular weight excluding hydrogens is 359 g/mol. The SMILES string of the molecule is CCCCOCCCNC(=NC)NCc1ccc(Oc2ccc(F)cc2)nc1. The molecule has 0 saturated carbocycles. The molecule has 0 unspecified atom stereocenters. The third-order valence-corrected chi connectivity index (χ3v) is 3.92. The Hall–Kier alpha value is -2.67. The Morgan fingerprint density at radius 1 is 1.07 bits per heavy atom. The van der Waals surface area contributed by atoms with E-state index in [1.165, 1.54) is 12.1 Å². The molecule has 2 rings (SSSR count). The second kappa shape index (κ2) is 12.7. The van der Waals surface area contributed by atoms with Crippen LogP contribution in [0.5, 0.6) is 11.6 Å². The lowest BCUT2D eigenvalue weighted by atomic mass is 10.3. The van der Waals surface area contributed by atoms with Gasteiger partial charge in [0, 0.05) is 45.6 Å². The Kier molecular flexibility index (Phi) is 9.79. The van der Waals surface area contributed by atoms with Crippen LogP contribution in [0.1, 0.15) is 31.7 Å². The first kappa shape index (κ1) is 21.6. The van der Waals surface area contributed by atoms with Gasteiger partial charge in [0.25, 0.3) is 0 Å². The van der Waals surface area contributed by atoms with Crippen LogP contribution in [-0.4, -0.2) is 37.7 Å². The van der Waals surface area contributed by atoms with E-state index < -0.39 is 0 Å². The summed E-state index contributed by atoms with van der Waals surface area (Å²) >= 11 is 0. The highest BCUT2D eigenvalue weighted by Crippen LogP contribution is 2.19. The second-order valence-electron chi connectivity index (χ2n) is 6.23. The Labute approximate surface area is 166 Å². The van der Waals surface area contributed by atoms with Crippen molar-refractivity contribution in [1.82, 2.24) is 15.6 Å². The molecule has 1 aromatic heterocycles. The van der Waals surface area contributed by atoms with E-state index in [0.717, 1.165) is 50.5 Å². The smallest absolute Gasteiger partial charge is 0.219 e. The average Bonchev–Trinajstić information content (AvgIpc) is 2.72. The van der Waals surface area contributed by atoms with Crippen LogP contribution in [0.4, 0.5) is 4.39 Å².